The number of ether oxygens (including phenoxy) is 1. The number of benzene rings is 2. The topological polar surface area (TPSA) is 90.5 Å². The molecule has 4 aromatic rings. The zero-order chi connectivity index (χ0) is 22.1. The van der Waals surface area contributed by atoms with Gasteiger partial charge in [-0.05, 0) is 61.7 Å². The molecule has 0 radical (unpaired) electrons. The molecule has 158 valence electrons. The molecule has 0 saturated heterocycles. The van der Waals surface area contributed by atoms with Gasteiger partial charge in [0.05, 0.1) is 0 Å². The van der Waals surface area contributed by atoms with Gasteiger partial charge in [-0.25, -0.2) is 18.9 Å². The van der Waals surface area contributed by atoms with E-state index in [1.54, 1.807) is 18.2 Å². The number of anilines is 1. The SMILES string of the molecule is Cc1cc(C)cc(Oc2nccn3c(=O)n(CC(=O)Nc4ccc(C)c(Cl)c4)nc23)c1. The van der Waals surface area contributed by atoms with Crippen molar-refractivity contribution in [1.29, 1.82) is 0 Å². The Kier molecular flexibility index (Phi) is 5.48. The number of aryl methyl sites for hydroxylation is 3. The highest BCUT2D eigenvalue weighted by Gasteiger charge is 2.16. The number of aromatic nitrogens is 4. The summed E-state index contributed by atoms with van der Waals surface area (Å²) < 4.78 is 8.24. The summed E-state index contributed by atoms with van der Waals surface area (Å²) in [5, 5.41) is 7.52. The van der Waals surface area contributed by atoms with Crippen LogP contribution in [0.25, 0.3) is 5.65 Å². The normalized spacial score (nSPS) is 11.0. The first-order valence-corrected chi connectivity index (χ1v) is 9.94. The number of carbonyl (C=O) groups excluding carboxylic acids is 1. The van der Waals surface area contributed by atoms with Gasteiger partial charge in [0.15, 0.2) is 0 Å². The Labute approximate surface area is 183 Å². The van der Waals surface area contributed by atoms with Crippen molar-refractivity contribution in [2.24, 2.45) is 0 Å². The molecule has 0 fully saturated rings. The first-order valence-electron chi connectivity index (χ1n) is 9.56. The Morgan fingerprint density at radius 2 is 1.87 bits per heavy atom. The van der Waals surface area contributed by atoms with Crippen molar-refractivity contribution in [3.05, 3.63) is 81.0 Å². The Balaban J connectivity index is 1.60. The number of carbonyl (C=O) groups is 1. The third kappa shape index (κ3) is 4.44. The molecule has 2 aromatic heterocycles. The fourth-order valence-corrected chi connectivity index (χ4v) is 3.39. The Morgan fingerprint density at radius 1 is 1.13 bits per heavy atom. The van der Waals surface area contributed by atoms with Gasteiger partial charge in [-0.2, -0.15) is 0 Å². The van der Waals surface area contributed by atoms with E-state index in [2.05, 4.69) is 15.4 Å². The van der Waals surface area contributed by atoms with E-state index >= 15 is 0 Å². The maximum absolute atomic E-state index is 12.7. The van der Waals surface area contributed by atoms with E-state index in [0.717, 1.165) is 21.4 Å². The summed E-state index contributed by atoms with van der Waals surface area (Å²) in [6.45, 7) is 5.53. The molecule has 4 rings (SSSR count). The summed E-state index contributed by atoms with van der Waals surface area (Å²) in [6, 6.07) is 11.0. The number of rotatable bonds is 5. The molecule has 0 aliphatic carbocycles. The van der Waals surface area contributed by atoms with Crippen molar-refractivity contribution < 1.29 is 9.53 Å². The summed E-state index contributed by atoms with van der Waals surface area (Å²) in [5.74, 6) is 0.360. The maximum Gasteiger partial charge on any atom is 0.351 e. The summed E-state index contributed by atoms with van der Waals surface area (Å²) in [6.07, 6.45) is 2.93. The predicted octanol–water partition coefficient (Wildman–Crippen LogP) is 3.90. The van der Waals surface area contributed by atoms with E-state index in [9.17, 15) is 9.59 Å². The smallest absolute Gasteiger partial charge is 0.351 e. The molecule has 1 N–H and O–H groups in total. The van der Waals surface area contributed by atoms with Gasteiger partial charge in [0.1, 0.15) is 12.3 Å². The van der Waals surface area contributed by atoms with Gasteiger partial charge in [0.25, 0.3) is 5.88 Å². The average molecular weight is 438 g/mol. The fourth-order valence-electron chi connectivity index (χ4n) is 3.21. The average Bonchev–Trinajstić information content (AvgIpc) is 3.01. The number of hydrogen-bond acceptors (Lipinski definition) is 5. The number of fused-ring (bicyclic) bond motifs is 1. The quantitative estimate of drug-likeness (QED) is 0.511. The minimum Gasteiger partial charge on any atom is -0.436 e. The van der Waals surface area contributed by atoms with E-state index in [1.807, 2.05) is 39.0 Å². The minimum absolute atomic E-state index is 0.175. The second-order valence-electron chi connectivity index (χ2n) is 7.30. The zero-order valence-corrected chi connectivity index (χ0v) is 18.0. The van der Waals surface area contributed by atoms with Crippen LogP contribution in [0, 0.1) is 20.8 Å². The molecule has 0 unspecified atom stereocenters. The molecule has 2 heterocycles. The predicted molar refractivity (Wildman–Crippen MR) is 118 cm³/mol. The molecule has 1 amide bonds. The second kappa shape index (κ2) is 8.23. The minimum atomic E-state index is -0.472. The van der Waals surface area contributed by atoms with Crippen LogP contribution in [0.2, 0.25) is 5.02 Å². The lowest BCUT2D eigenvalue weighted by atomic mass is 10.1. The van der Waals surface area contributed by atoms with Crippen molar-refractivity contribution in [2.45, 2.75) is 27.3 Å². The monoisotopic (exact) mass is 437 g/mol. The van der Waals surface area contributed by atoms with Crippen LogP contribution in [-0.2, 0) is 11.3 Å². The van der Waals surface area contributed by atoms with Crippen LogP contribution < -0.4 is 15.7 Å². The van der Waals surface area contributed by atoms with Crippen LogP contribution in [0.4, 0.5) is 5.69 Å². The lowest BCUT2D eigenvalue weighted by molar-refractivity contribution is -0.117. The highest BCUT2D eigenvalue weighted by molar-refractivity contribution is 6.31. The lowest BCUT2D eigenvalue weighted by Gasteiger charge is -2.07. The van der Waals surface area contributed by atoms with E-state index in [4.69, 9.17) is 16.3 Å². The van der Waals surface area contributed by atoms with Crippen molar-refractivity contribution in [1.82, 2.24) is 19.2 Å². The molecule has 0 saturated carbocycles. The number of halogens is 1. The second-order valence-corrected chi connectivity index (χ2v) is 7.71. The van der Waals surface area contributed by atoms with Crippen LogP contribution in [-0.4, -0.2) is 25.1 Å². The van der Waals surface area contributed by atoms with E-state index in [0.29, 0.717) is 16.5 Å². The highest BCUT2D eigenvalue weighted by Crippen LogP contribution is 2.24. The molecular formula is C22H20ClN5O3. The van der Waals surface area contributed by atoms with Crippen molar-refractivity contribution in [3.63, 3.8) is 0 Å². The third-order valence-corrected chi connectivity index (χ3v) is 5.04. The first kappa shape index (κ1) is 20.6. The fraction of sp³-hybridized carbons (Fsp3) is 0.182. The summed E-state index contributed by atoms with van der Waals surface area (Å²) in [7, 11) is 0. The van der Waals surface area contributed by atoms with Crippen LogP contribution in [0.1, 0.15) is 16.7 Å². The largest absolute Gasteiger partial charge is 0.436 e. The third-order valence-electron chi connectivity index (χ3n) is 4.63. The van der Waals surface area contributed by atoms with Gasteiger partial charge in [0.2, 0.25) is 11.6 Å². The number of nitrogens with zero attached hydrogens (tertiary/aromatic N) is 4. The van der Waals surface area contributed by atoms with Gasteiger partial charge in [0, 0.05) is 23.1 Å². The molecule has 31 heavy (non-hydrogen) atoms. The van der Waals surface area contributed by atoms with Gasteiger partial charge in [-0.3, -0.25) is 4.79 Å². The standard InChI is InChI=1S/C22H20ClN5O3/c1-13-8-14(2)10-17(9-13)31-21-20-26-28(22(30)27(20)7-6-24-21)12-19(29)25-16-5-4-15(3)18(23)11-16/h4-11H,12H2,1-3H3,(H,25,29). The van der Waals surface area contributed by atoms with Gasteiger partial charge in [-0.15, -0.1) is 5.10 Å². The lowest BCUT2D eigenvalue weighted by Crippen LogP contribution is -2.28. The van der Waals surface area contributed by atoms with E-state index in [1.165, 1.54) is 16.8 Å². The Bertz CT molecular complexity index is 1340. The molecule has 9 heteroatoms. The van der Waals surface area contributed by atoms with Crippen LogP contribution in [0.3, 0.4) is 0 Å². The van der Waals surface area contributed by atoms with Gasteiger partial charge in [-0.1, -0.05) is 23.7 Å². The number of nitrogens with one attached hydrogen (secondary N) is 1. The highest BCUT2D eigenvalue weighted by atomic mass is 35.5. The Hall–Kier alpha value is -3.65. The molecule has 0 bridgehead atoms. The Morgan fingerprint density at radius 3 is 2.58 bits per heavy atom. The number of amides is 1. The van der Waals surface area contributed by atoms with E-state index < -0.39 is 11.6 Å². The van der Waals surface area contributed by atoms with Crippen molar-refractivity contribution >= 4 is 28.8 Å². The molecule has 8 nitrogen and oxygen atoms in total. The molecular weight excluding hydrogens is 418 g/mol. The molecule has 2 aromatic carbocycles. The maximum atomic E-state index is 12.7. The summed E-state index contributed by atoms with van der Waals surface area (Å²) in [5.41, 5.74) is 3.27. The molecule has 0 spiro atoms. The number of hydrogen-bond donors (Lipinski definition) is 1. The van der Waals surface area contributed by atoms with Gasteiger partial charge < -0.3 is 10.1 Å². The van der Waals surface area contributed by atoms with E-state index in [-0.39, 0.29) is 18.1 Å². The molecule has 0 aliphatic heterocycles. The summed E-state index contributed by atoms with van der Waals surface area (Å²) >= 11 is 6.10. The van der Waals surface area contributed by atoms with Crippen molar-refractivity contribution in [3.8, 4) is 11.6 Å². The molecule has 0 aliphatic rings. The first-order chi connectivity index (χ1) is 14.8. The summed E-state index contributed by atoms with van der Waals surface area (Å²) in [4.78, 5) is 29.4. The van der Waals surface area contributed by atoms with Crippen LogP contribution in [0.15, 0.2) is 53.6 Å². The van der Waals surface area contributed by atoms with Crippen LogP contribution >= 0.6 is 11.6 Å². The van der Waals surface area contributed by atoms with Gasteiger partial charge >= 0.3 is 5.69 Å². The van der Waals surface area contributed by atoms with Crippen LogP contribution in [0.5, 0.6) is 11.6 Å². The molecule has 0 atom stereocenters. The zero-order valence-electron chi connectivity index (χ0n) is 17.2. The van der Waals surface area contributed by atoms with Crippen molar-refractivity contribution in [2.75, 3.05) is 5.32 Å².